The van der Waals surface area contributed by atoms with Gasteiger partial charge in [0.25, 0.3) is 0 Å². The Morgan fingerprint density at radius 3 is 2.15 bits per heavy atom. The van der Waals surface area contributed by atoms with Gasteiger partial charge in [-0.15, -0.1) is 0 Å². The predicted molar refractivity (Wildman–Crippen MR) is 84.5 cm³/mol. The molecule has 0 saturated heterocycles. The third-order valence-electron chi connectivity index (χ3n) is 3.21. The molecule has 114 valence electrons. The van der Waals surface area contributed by atoms with E-state index >= 15 is 0 Å². The Morgan fingerprint density at radius 1 is 1.15 bits per heavy atom. The van der Waals surface area contributed by atoms with Crippen molar-refractivity contribution in [3.63, 3.8) is 0 Å². The highest BCUT2D eigenvalue weighted by Crippen LogP contribution is 2.25. The van der Waals surface area contributed by atoms with Crippen LogP contribution >= 0.6 is 0 Å². The second-order valence-corrected chi connectivity index (χ2v) is 6.52. The molecular formula is C17H29NO2. The SMILES string of the molecule is COC(C)COc1c(C)cc(CNC(C)(C)C)cc1C. The minimum Gasteiger partial charge on any atom is -0.490 e. The maximum absolute atomic E-state index is 5.88. The van der Waals surface area contributed by atoms with Crippen molar-refractivity contribution < 1.29 is 9.47 Å². The molecular weight excluding hydrogens is 250 g/mol. The summed E-state index contributed by atoms with van der Waals surface area (Å²) in [7, 11) is 1.70. The molecule has 0 aliphatic carbocycles. The van der Waals surface area contributed by atoms with Gasteiger partial charge < -0.3 is 14.8 Å². The quantitative estimate of drug-likeness (QED) is 0.863. The van der Waals surface area contributed by atoms with Crippen LogP contribution in [0.5, 0.6) is 5.75 Å². The summed E-state index contributed by atoms with van der Waals surface area (Å²) >= 11 is 0. The van der Waals surface area contributed by atoms with Crippen molar-refractivity contribution in [2.24, 2.45) is 0 Å². The van der Waals surface area contributed by atoms with Gasteiger partial charge in [-0.3, -0.25) is 0 Å². The lowest BCUT2D eigenvalue weighted by atomic mass is 10.0. The Morgan fingerprint density at radius 2 is 1.70 bits per heavy atom. The number of hydrogen-bond acceptors (Lipinski definition) is 3. The lowest BCUT2D eigenvalue weighted by Gasteiger charge is -2.22. The van der Waals surface area contributed by atoms with Crippen LogP contribution in [0.15, 0.2) is 12.1 Å². The first kappa shape index (κ1) is 17.0. The zero-order valence-electron chi connectivity index (χ0n) is 14.0. The molecule has 0 aliphatic heterocycles. The first-order chi connectivity index (χ1) is 9.23. The van der Waals surface area contributed by atoms with Crippen LogP contribution in [-0.2, 0) is 11.3 Å². The van der Waals surface area contributed by atoms with E-state index in [-0.39, 0.29) is 11.6 Å². The number of ether oxygens (including phenoxy) is 2. The van der Waals surface area contributed by atoms with E-state index in [2.05, 4.69) is 52.1 Å². The van der Waals surface area contributed by atoms with Gasteiger partial charge in [0.1, 0.15) is 12.4 Å². The summed E-state index contributed by atoms with van der Waals surface area (Å²) in [5, 5.41) is 3.51. The van der Waals surface area contributed by atoms with Gasteiger partial charge in [-0.05, 0) is 58.2 Å². The molecule has 0 bridgehead atoms. The molecule has 1 atom stereocenters. The monoisotopic (exact) mass is 279 g/mol. The zero-order valence-corrected chi connectivity index (χ0v) is 14.0. The fourth-order valence-corrected chi connectivity index (χ4v) is 2.01. The van der Waals surface area contributed by atoms with Crippen LogP contribution in [0, 0.1) is 13.8 Å². The molecule has 0 fully saturated rings. The molecule has 0 spiro atoms. The fourth-order valence-electron chi connectivity index (χ4n) is 2.01. The van der Waals surface area contributed by atoms with E-state index in [4.69, 9.17) is 9.47 Å². The summed E-state index contributed by atoms with van der Waals surface area (Å²) in [5.41, 5.74) is 3.78. The zero-order chi connectivity index (χ0) is 15.3. The highest BCUT2D eigenvalue weighted by Gasteiger charge is 2.11. The lowest BCUT2D eigenvalue weighted by Crippen LogP contribution is -2.35. The van der Waals surface area contributed by atoms with E-state index in [1.165, 1.54) is 16.7 Å². The predicted octanol–water partition coefficient (Wildman–Crippen LogP) is 3.61. The summed E-state index contributed by atoms with van der Waals surface area (Å²) in [5.74, 6) is 0.980. The Kier molecular flexibility index (Phi) is 6.03. The number of benzene rings is 1. The number of aryl methyl sites for hydroxylation is 2. The Balaban J connectivity index is 2.76. The van der Waals surface area contributed by atoms with Crippen molar-refractivity contribution in [1.29, 1.82) is 0 Å². The topological polar surface area (TPSA) is 30.5 Å². The van der Waals surface area contributed by atoms with Gasteiger partial charge in [-0.25, -0.2) is 0 Å². The lowest BCUT2D eigenvalue weighted by molar-refractivity contribution is 0.0711. The molecule has 0 aromatic heterocycles. The van der Waals surface area contributed by atoms with Crippen LogP contribution in [0.4, 0.5) is 0 Å². The van der Waals surface area contributed by atoms with Crippen LogP contribution in [0.25, 0.3) is 0 Å². The molecule has 1 rings (SSSR count). The van der Waals surface area contributed by atoms with Crippen LogP contribution < -0.4 is 10.1 Å². The van der Waals surface area contributed by atoms with Gasteiger partial charge in [-0.1, -0.05) is 12.1 Å². The average Bonchev–Trinajstić information content (AvgIpc) is 2.34. The van der Waals surface area contributed by atoms with E-state index in [9.17, 15) is 0 Å². The molecule has 0 heterocycles. The number of hydrogen-bond donors (Lipinski definition) is 1. The first-order valence-electron chi connectivity index (χ1n) is 7.23. The molecule has 1 aromatic carbocycles. The third-order valence-corrected chi connectivity index (χ3v) is 3.21. The Bertz CT molecular complexity index is 412. The van der Waals surface area contributed by atoms with Crippen molar-refractivity contribution in [2.75, 3.05) is 13.7 Å². The first-order valence-corrected chi connectivity index (χ1v) is 7.23. The van der Waals surface area contributed by atoms with Crippen molar-refractivity contribution in [3.05, 3.63) is 28.8 Å². The Hall–Kier alpha value is -1.06. The second kappa shape index (κ2) is 7.09. The van der Waals surface area contributed by atoms with Gasteiger partial charge in [0.05, 0.1) is 6.10 Å². The van der Waals surface area contributed by atoms with E-state index in [0.717, 1.165) is 12.3 Å². The smallest absolute Gasteiger partial charge is 0.125 e. The fraction of sp³-hybridized carbons (Fsp3) is 0.647. The van der Waals surface area contributed by atoms with E-state index in [0.29, 0.717) is 6.61 Å². The molecule has 0 aliphatic rings. The standard InChI is InChI=1S/C17H29NO2/c1-12-8-15(10-18-17(4,5)6)9-13(2)16(12)20-11-14(3)19-7/h8-9,14,18H,10-11H2,1-7H3. The van der Waals surface area contributed by atoms with Gasteiger partial charge >= 0.3 is 0 Å². The van der Waals surface area contributed by atoms with Crippen LogP contribution in [0.2, 0.25) is 0 Å². The largest absolute Gasteiger partial charge is 0.490 e. The van der Waals surface area contributed by atoms with Crippen molar-refractivity contribution >= 4 is 0 Å². The maximum atomic E-state index is 5.88. The molecule has 20 heavy (non-hydrogen) atoms. The maximum Gasteiger partial charge on any atom is 0.125 e. The van der Waals surface area contributed by atoms with E-state index < -0.39 is 0 Å². The summed E-state index contributed by atoms with van der Waals surface area (Å²) in [6.07, 6.45) is 0.107. The molecule has 0 radical (unpaired) electrons. The molecule has 3 nitrogen and oxygen atoms in total. The normalized spacial score (nSPS) is 13.3. The van der Waals surface area contributed by atoms with Crippen LogP contribution in [0.3, 0.4) is 0 Å². The molecule has 1 aromatic rings. The van der Waals surface area contributed by atoms with E-state index in [1.807, 2.05) is 6.92 Å². The third kappa shape index (κ3) is 5.51. The van der Waals surface area contributed by atoms with Crippen LogP contribution in [0.1, 0.15) is 44.4 Å². The van der Waals surface area contributed by atoms with Gasteiger partial charge in [0.2, 0.25) is 0 Å². The molecule has 3 heteroatoms. The Labute approximate surface area is 123 Å². The van der Waals surface area contributed by atoms with Gasteiger partial charge in [0, 0.05) is 19.2 Å². The number of nitrogens with one attached hydrogen (secondary N) is 1. The van der Waals surface area contributed by atoms with Crippen molar-refractivity contribution in [2.45, 2.75) is 59.7 Å². The summed E-state index contributed by atoms with van der Waals surface area (Å²) < 4.78 is 11.1. The molecule has 0 saturated carbocycles. The minimum atomic E-state index is 0.107. The molecule has 0 amide bonds. The highest BCUT2D eigenvalue weighted by atomic mass is 16.5. The summed E-state index contributed by atoms with van der Waals surface area (Å²) in [4.78, 5) is 0. The second-order valence-electron chi connectivity index (χ2n) is 6.52. The van der Waals surface area contributed by atoms with E-state index in [1.54, 1.807) is 7.11 Å². The van der Waals surface area contributed by atoms with Crippen molar-refractivity contribution in [3.8, 4) is 5.75 Å². The average molecular weight is 279 g/mol. The highest BCUT2D eigenvalue weighted by molar-refractivity contribution is 5.43. The number of methoxy groups -OCH3 is 1. The van der Waals surface area contributed by atoms with Crippen LogP contribution in [-0.4, -0.2) is 25.4 Å². The number of rotatable bonds is 6. The van der Waals surface area contributed by atoms with Crippen molar-refractivity contribution in [1.82, 2.24) is 5.32 Å². The molecule has 1 N–H and O–H groups in total. The van der Waals surface area contributed by atoms with Gasteiger partial charge in [0.15, 0.2) is 0 Å². The summed E-state index contributed by atoms with van der Waals surface area (Å²) in [6, 6.07) is 4.39. The minimum absolute atomic E-state index is 0.107. The molecule has 1 unspecified atom stereocenters. The summed E-state index contributed by atoms with van der Waals surface area (Å²) in [6.45, 7) is 14.2. The van der Waals surface area contributed by atoms with Gasteiger partial charge in [-0.2, -0.15) is 0 Å².